The van der Waals surface area contributed by atoms with Crippen molar-refractivity contribution in [1.29, 1.82) is 0 Å². The molecule has 1 aromatic carbocycles. The van der Waals surface area contributed by atoms with Crippen molar-refractivity contribution in [3.05, 3.63) is 54.2 Å². The molecular weight excluding hydrogens is 430 g/mol. The second kappa shape index (κ2) is 11.3. The maximum Gasteiger partial charge on any atom is 0.246 e. The normalized spacial score (nSPS) is 18.1. The van der Waals surface area contributed by atoms with Gasteiger partial charge in [0, 0.05) is 61.5 Å². The molecule has 5 rings (SSSR count). The van der Waals surface area contributed by atoms with Crippen LogP contribution in [0.1, 0.15) is 30.9 Å². The number of nitrogens with one attached hydrogen (secondary N) is 1. The fourth-order valence-corrected chi connectivity index (χ4v) is 4.19. The smallest absolute Gasteiger partial charge is 0.246 e. The Hall–Kier alpha value is -3.23. The first-order valence-corrected chi connectivity index (χ1v) is 11.8. The predicted molar refractivity (Wildman–Crippen MR) is 133 cm³/mol. The zero-order chi connectivity index (χ0) is 23.9. The number of aromatic nitrogens is 3. The molecule has 1 atom stereocenters. The van der Waals surface area contributed by atoms with Crippen molar-refractivity contribution in [3.63, 3.8) is 0 Å². The number of benzene rings is 1. The van der Waals surface area contributed by atoms with Crippen LogP contribution < -0.4 is 0 Å². The minimum atomic E-state index is 0.0621. The van der Waals surface area contributed by atoms with Crippen LogP contribution in [0.5, 0.6) is 5.75 Å². The zero-order valence-corrected chi connectivity index (χ0v) is 19.9. The number of likely N-dealkylation sites (tertiary alicyclic amines) is 1. The summed E-state index contributed by atoms with van der Waals surface area (Å²) in [5, 5.41) is 19.6. The number of phenols is 1. The number of aromatic hydroxyl groups is 1. The van der Waals surface area contributed by atoms with Crippen molar-refractivity contribution in [1.82, 2.24) is 25.0 Å². The van der Waals surface area contributed by atoms with E-state index in [0.717, 1.165) is 49.5 Å². The molecule has 180 valence electrons. The van der Waals surface area contributed by atoms with Gasteiger partial charge in [-0.1, -0.05) is 18.2 Å². The van der Waals surface area contributed by atoms with E-state index in [1.807, 2.05) is 48.2 Å². The molecule has 0 aliphatic carbocycles. The van der Waals surface area contributed by atoms with Crippen molar-refractivity contribution in [3.8, 4) is 17.0 Å². The maximum absolute atomic E-state index is 12.4. The first-order chi connectivity index (χ1) is 16.5. The van der Waals surface area contributed by atoms with Crippen LogP contribution >= 0.6 is 0 Å². The SMILES string of the molecule is C1CCOC1.CN(C)C/C=C/C(=O)N1CC[C@@H](c2cc3cc(-c4ccccc4O)nnc3[nH]2)C1. The van der Waals surface area contributed by atoms with Gasteiger partial charge in [0.2, 0.25) is 5.91 Å². The number of hydrogen-bond acceptors (Lipinski definition) is 6. The summed E-state index contributed by atoms with van der Waals surface area (Å²) in [5.41, 5.74) is 3.08. The van der Waals surface area contributed by atoms with Gasteiger partial charge >= 0.3 is 0 Å². The molecule has 2 aliphatic heterocycles. The second-order valence-electron chi connectivity index (χ2n) is 9.03. The molecular formula is C26H33N5O3. The van der Waals surface area contributed by atoms with Crippen LogP contribution in [0, 0.1) is 0 Å². The number of fused-ring (bicyclic) bond motifs is 1. The van der Waals surface area contributed by atoms with Gasteiger partial charge in [-0.3, -0.25) is 4.79 Å². The Morgan fingerprint density at radius 1 is 1.24 bits per heavy atom. The third-order valence-corrected chi connectivity index (χ3v) is 6.08. The minimum absolute atomic E-state index is 0.0621. The van der Waals surface area contributed by atoms with Crippen LogP contribution in [0.3, 0.4) is 0 Å². The summed E-state index contributed by atoms with van der Waals surface area (Å²) < 4.78 is 4.94. The van der Waals surface area contributed by atoms with Gasteiger partial charge in [0.15, 0.2) is 5.65 Å². The van der Waals surface area contributed by atoms with Crippen molar-refractivity contribution in [2.24, 2.45) is 0 Å². The lowest BCUT2D eigenvalue weighted by Crippen LogP contribution is -2.26. The van der Waals surface area contributed by atoms with Crippen LogP contribution in [-0.2, 0) is 9.53 Å². The van der Waals surface area contributed by atoms with Gasteiger partial charge in [0.25, 0.3) is 0 Å². The predicted octanol–water partition coefficient (Wildman–Crippen LogP) is 3.56. The maximum atomic E-state index is 12.4. The van der Waals surface area contributed by atoms with Gasteiger partial charge in [-0.15, -0.1) is 10.2 Å². The van der Waals surface area contributed by atoms with Crippen LogP contribution in [0.2, 0.25) is 0 Å². The average molecular weight is 464 g/mol. The van der Waals surface area contributed by atoms with Crippen molar-refractivity contribution in [2.45, 2.75) is 25.2 Å². The van der Waals surface area contributed by atoms with Crippen molar-refractivity contribution >= 4 is 16.9 Å². The van der Waals surface area contributed by atoms with E-state index in [1.165, 1.54) is 12.8 Å². The standard InChI is InChI=1S/C22H25N5O2.C4H8O/c1-26(2)10-5-8-21(29)27-11-9-15(14-27)18-12-16-13-19(24-25-22(16)23-18)17-6-3-4-7-20(17)28;1-2-4-5-3-1/h3-8,12-13,15,28H,9-11,14H2,1-2H3,(H,23,25);1-4H2/b8-5+;/t15-;/m1./s1. The summed E-state index contributed by atoms with van der Waals surface area (Å²) in [5.74, 6) is 0.500. The Morgan fingerprint density at radius 2 is 2.03 bits per heavy atom. The first-order valence-electron chi connectivity index (χ1n) is 11.8. The number of rotatable bonds is 5. The summed E-state index contributed by atoms with van der Waals surface area (Å²) >= 11 is 0. The molecule has 8 heteroatoms. The molecule has 2 aromatic heterocycles. The number of likely N-dealkylation sites (N-methyl/N-ethyl adjacent to an activating group) is 1. The van der Waals surface area contributed by atoms with Crippen molar-refractivity contribution in [2.75, 3.05) is 46.9 Å². The molecule has 0 radical (unpaired) electrons. The largest absolute Gasteiger partial charge is 0.507 e. The molecule has 2 fully saturated rings. The van der Waals surface area contributed by atoms with Crippen molar-refractivity contribution < 1.29 is 14.6 Å². The number of phenolic OH excluding ortho intramolecular Hbond substituents is 1. The highest BCUT2D eigenvalue weighted by Gasteiger charge is 2.27. The van der Waals surface area contributed by atoms with Gasteiger partial charge in [0.1, 0.15) is 5.75 Å². The summed E-state index contributed by atoms with van der Waals surface area (Å²) in [6.07, 6.45) is 7.03. The second-order valence-corrected chi connectivity index (χ2v) is 9.03. The number of ether oxygens (including phenoxy) is 1. The molecule has 2 N–H and O–H groups in total. The molecule has 2 saturated heterocycles. The summed E-state index contributed by atoms with van der Waals surface area (Å²) in [7, 11) is 3.95. The summed E-state index contributed by atoms with van der Waals surface area (Å²) in [4.78, 5) is 19.6. The monoisotopic (exact) mass is 463 g/mol. The zero-order valence-electron chi connectivity index (χ0n) is 19.9. The quantitative estimate of drug-likeness (QED) is 0.562. The topological polar surface area (TPSA) is 94.6 Å². The number of carbonyl (C=O) groups excluding carboxylic acids is 1. The van der Waals surface area contributed by atoms with Crippen LogP contribution in [0.25, 0.3) is 22.3 Å². The molecule has 2 aliphatic rings. The third-order valence-electron chi connectivity index (χ3n) is 6.08. The minimum Gasteiger partial charge on any atom is -0.507 e. The Kier molecular flexibility index (Phi) is 7.92. The number of H-pyrrole nitrogens is 1. The molecule has 8 nitrogen and oxygen atoms in total. The number of aromatic amines is 1. The van der Waals surface area contributed by atoms with Gasteiger partial charge in [0.05, 0.1) is 5.69 Å². The highest BCUT2D eigenvalue weighted by atomic mass is 16.5. The summed E-state index contributed by atoms with van der Waals surface area (Å²) in [6.45, 7) is 4.20. The van der Waals surface area contributed by atoms with E-state index < -0.39 is 0 Å². The van der Waals surface area contributed by atoms with Gasteiger partial charge in [-0.05, 0) is 57.6 Å². The van der Waals surface area contributed by atoms with E-state index in [2.05, 4.69) is 21.2 Å². The Morgan fingerprint density at radius 3 is 2.74 bits per heavy atom. The van der Waals surface area contributed by atoms with Gasteiger partial charge in [-0.25, -0.2) is 0 Å². The van der Waals surface area contributed by atoms with E-state index in [0.29, 0.717) is 17.8 Å². The number of hydrogen-bond donors (Lipinski definition) is 2. The molecule has 0 bridgehead atoms. The Balaban J connectivity index is 0.000000486. The highest BCUT2D eigenvalue weighted by molar-refractivity contribution is 5.88. The molecule has 0 spiro atoms. The molecule has 1 amide bonds. The number of para-hydroxylation sites is 1. The lowest BCUT2D eigenvalue weighted by Gasteiger charge is -2.14. The third kappa shape index (κ3) is 6.01. The van der Waals surface area contributed by atoms with E-state index >= 15 is 0 Å². The number of nitrogens with zero attached hydrogens (tertiary/aromatic N) is 4. The van der Waals surface area contributed by atoms with E-state index in [1.54, 1.807) is 18.2 Å². The number of amides is 1. The van der Waals surface area contributed by atoms with Crippen LogP contribution in [0.4, 0.5) is 0 Å². The molecule has 4 heterocycles. The Labute approximate surface area is 200 Å². The van der Waals surface area contributed by atoms with E-state index in [-0.39, 0.29) is 17.6 Å². The molecule has 34 heavy (non-hydrogen) atoms. The Bertz CT molecular complexity index is 1130. The van der Waals surface area contributed by atoms with Gasteiger partial charge in [-0.2, -0.15) is 0 Å². The molecule has 0 saturated carbocycles. The molecule has 3 aromatic rings. The fourth-order valence-electron chi connectivity index (χ4n) is 4.19. The lowest BCUT2D eigenvalue weighted by molar-refractivity contribution is -0.125. The summed E-state index contributed by atoms with van der Waals surface area (Å²) in [6, 6.07) is 11.1. The first kappa shape index (κ1) is 23.9. The van der Waals surface area contributed by atoms with Gasteiger partial charge < -0.3 is 24.6 Å². The average Bonchev–Trinajstić information content (AvgIpc) is 3.61. The van der Waals surface area contributed by atoms with Crippen LogP contribution in [0.15, 0.2) is 48.6 Å². The number of carbonyl (C=O) groups is 1. The lowest BCUT2D eigenvalue weighted by atomic mass is 10.0. The molecule has 0 unspecified atom stereocenters. The van der Waals surface area contributed by atoms with E-state index in [4.69, 9.17) is 4.74 Å². The van der Waals surface area contributed by atoms with E-state index in [9.17, 15) is 9.90 Å². The van der Waals surface area contributed by atoms with Crippen LogP contribution in [-0.4, -0.2) is 82.9 Å². The fraction of sp³-hybridized carbons (Fsp3) is 0.423. The highest BCUT2D eigenvalue weighted by Crippen LogP contribution is 2.31.